The van der Waals surface area contributed by atoms with Gasteiger partial charge in [-0.15, -0.1) is 11.3 Å². The van der Waals surface area contributed by atoms with E-state index in [4.69, 9.17) is 0 Å². The number of carbonyl (C=O) groups excluding carboxylic acids is 2. The van der Waals surface area contributed by atoms with Gasteiger partial charge >= 0.3 is 0 Å². The normalized spacial score (nSPS) is 13.0. The van der Waals surface area contributed by atoms with Gasteiger partial charge in [0.2, 0.25) is 11.8 Å². The first-order valence-electron chi connectivity index (χ1n) is 9.25. The SMILES string of the molecule is CC[C@@H](C)c1ccc([C@@H](NCC(=O)NCC(=O)N(C)C)c2cccs2)cc1. The summed E-state index contributed by atoms with van der Waals surface area (Å²) < 4.78 is 0. The molecule has 1 aromatic carbocycles. The van der Waals surface area contributed by atoms with Gasteiger partial charge in [-0.25, -0.2) is 0 Å². The maximum absolute atomic E-state index is 12.1. The summed E-state index contributed by atoms with van der Waals surface area (Å²) in [5, 5.41) is 8.02. The Morgan fingerprint density at radius 2 is 1.74 bits per heavy atom. The number of nitrogens with zero attached hydrogens (tertiary/aromatic N) is 1. The molecule has 6 heteroatoms. The van der Waals surface area contributed by atoms with E-state index in [1.807, 2.05) is 11.4 Å². The molecule has 0 spiro atoms. The van der Waals surface area contributed by atoms with Crippen LogP contribution >= 0.6 is 11.3 Å². The summed E-state index contributed by atoms with van der Waals surface area (Å²) >= 11 is 1.66. The standard InChI is InChI=1S/C21H29N3O2S/c1-5-15(2)16-8-10-17(11-9-16)21(18-7-6-12-27-18)23-13-19(25)22-14-20(26)24(3)4/h6-12,15,21,23H,5,13-14H2,1-4H3,(H,22,25)/t15-,21-/m1/s1. The van der Waals surface area contributed by atoms with Crippen LogP contribution in [-0.2, 0) is 9.59 Å². The number of hydrogen-bond acceptors (Lipinski definition) is 4. The topological polar surface area (TPSA) is 61.4 Å². The van der Waals surface area contributed by atoms with Crippen LogP contribution in [0.3, 0.4) is 0 Å². The van der Waals surface area contributed by atoms with Gasteiger partial charge in [0, 0.05) is 19.0 Å². The lowest BCUT2D eigenvalue weighted by molar-refractivity contribution is -0.130. The van der Waals surface area contributed by atoms with Crippen molar-refractivity contribution in [3.05, 3.63) is 57.8 Å². The van der Waals surface area contributed by atoms with E-state index < -0.39 is 0 Å². The molecule has 0 radical (unpaired) electrons. The highest BCUT2D eigenvalue weighted by Crippen LogP contribution is 2.27. The van der Waals surface area contributed by atoms with E-state index in [-0.39, 0.29) is 30.9 Å². The Bertz CT molecular complexity index is 726. The quantitative estimate of drug-likeness (QED) is 0.695. The van der Waals surface area contributed by atoms with E-state index in [1.54, 1.807) is 25.4 Å². The third-order valence-electron chi connectivity index (χ3n) is 4.68. The fourth-order valence-electron chi connectivity index (χ4n) is 2.68. The Balaban J connectivity index is 2.03. The van der Waals surface area contributed by atoms with Gasteiger partial charge in [-0.2, -0.15) is 0 Å². The number of nitrogens with one attached hydrogen (secondary N) is 2. The van der Waals surface area contributed by atoms with Crippen LogP contribution in [0.2, 0.25) is 0 Å². The molecule has 146 valence electrons. The van der Waals surface area contributed by atoms with E-state index in [0.29, 0.717) is 5.92 Å². The molecule has 0 aliphatic rings. The van der Waals surface area contributed by atoms with Gasteiger partial charge in [0.15, 0.2) is 0 Å². The lowest BCUT2D eigenvalue weighted by Gasteiger charge is -2.19. The Morgan fingerprint density at radius 1 is 1.07 bits per heavy atom. The molecule has 5 nitrogen and oxygen atoms in total. The van der Waals surface area contributed by atoms with Gasteiger partial charge in [0.1, 0.15) is 0 Å². The molecule has 2 aromatic rings. The maximum Gasteiger partial charge on any atom is 0.241 e. The Labute approximate surface area is 165 Å². The van der Waals surface area contributed by atoms with Crippen molar-refractivity contribution in [3.63, 3.8) is 0 Å². The van der Waals surface area contributed by atoms with Crippen LogP contribution in [-0.4, -0.2) is 43.9 Å². The predicted molar refractivity (Wildman–Crippen MR) is 111 cm³/mol. The van der Waals surface area contributed by atoms with Crippen molar-refractivity contribution >= 4 is 23.2 Å². The summed E-state index contributed by atoms with van der Waals surface area (Å²) in [5.41, 5.74) is 2.45. The van der Waals surface area contributed by atoms with Crippen molar-refractivity contribution in [2.24, 2.45) is 0 Å². The zero-order chi connectivity index (χ0) is 19.8. The van der Waals surface area contributed by atoms with Crippen molar-refractivity contribution in [1.29, 1.82) is 0 Å². The lowest BCUT2D eigenvalue weighted by Crippen LogP contribution is -2.41. The molecule has 0 aliphatic carbocycles. The molecule has 0 saturated heterocycles. The number of carbonyl (C=O) groups is 2. The highest BCUT2D eigenvalue weighted by molar-refractivity contribution is 7.10. The van der Waals surface area contributed by atoms with Gasteiger partial charge in [0.05, 0.1) is 19.1 Å². The van der Waals surface area contributed by atoms with E-state index in [0.717, 1.165) is 16.9 Å². The Kier molecular flexibility index (Phi) is 8.00. The van der Waals surface area contributed by atoms with Crippen molar-refractivity contribution < 1.29 is 9.59 Å². The van der Waals surface area contributed by atoms with Crippen molar-refractivity contribution in [2.75, 3.05) is 27.2 Å². The molecule has 27 heavy (non-hydrogen) atoms. The first-order chi connectivity index (χ1) is 12.9. The minimum atomic E-state index is -0.192. The lowest BCUT2D eigenvalue weighted by atomic mass is 9.95. The fourth-order valence-corrected chi connectivity index (χ4v) is 3.51. The molecule has 2 atom stereocenters. The number of benzene rings is 1. The van der Waals surface area contributed by atoms with Crippen molar-refractivity contribution in [2.45, 2.75) is 32.2 Å². The molecular weight excluding hydrogens is 358 g/mol. The third kappa shape index (κ3) is 6.19. The molecule has 2 rings (SSSR count). The average molecular weight is 388 g/mol. The smallest absolute Gasteiger partial charge is 0.241 e. The Hall–Kier alpha value is -2.18. The van der Waals surface area contributed by atoms with Gasteiger partial charge < -0.3 is 10.2 Å². The van der Waals surface area contributed by atoms with Crippen LogP contribution in [0.5, 0.6) is 0 Å². The highest BCUT2D eigenvalue weighted by atomic mass is 32.1. The molecule has 0 aliphatic heterocycles. The summed E-state index contributed by atoms with van der Waals surface area (Å²) in [4.78, 5) is 26.3. The Morgan fingerprint density at radius 3 is 2.30 bits per heavy atom. The molecule has 1 aromatic heterocycles. The van der Waals surface area contributed by atoms with Crippen LogP contribution < -0.4 is 10.6 Å². The van der Waals surface area contributed by atoms with Crippen LogP contribution in [0.4, 0.5) is 0 Å². The summed E-state index contributed by atoms with van der Waals surface area (Å²) in [5.74, 6) is 0.217. The fraction of sp³-hybridized carbons (Fsp3) is 0.429. The van der Waals surface area contributed by atoms with Gasteiger partial charge in [0.25, 0.3) is 0 Å². The number of amides is 2. The highest BCUT2D eigenvalue weighted by Gasteiger charge is 2.17. The summed E-state index contributed by atoms with van der Waals surface area (Å²) in [6.45, 7) is 4.58. The average Bonchev–Trinajstić information content (AvgIpc) is 3.20. The van der Waals surface area contributed by atoms with Crippen LogP contribution in [0.25, 0.3) is 0 Å². The molecule has 0 bridgehead atoms. The molecule has 2 N–H and O–H groups in total. The van der Waals surface area contributed by atoms with E-state index in [2.05, 4.69) is 54.8 Å². The number of likely N-dealkylation sites (N-methyl/N-ethyl adjacent to an activating group) is 1. The minimum absolute atomic E-state index is 0.0147. The minimum Gasteiger partial charge on any atom is -0.347 e. The third-order valence-corrected chi connectivity index (χ3v) is 5.62. The van der Waals surface area contributed by atoms with Gasteiger partial charge in [-0.3, -0.25) is 14.9 Å². The number of hydrogen-bond donors (Lipinski definition) is 2. The second-order valence-electron chi connectivity index (χ2n) is 6.87. The first-order valence-corrected chi connectivity index (χ1v) is 10.1. The molecule has 0 unspecified atom stereocenters. The molecular formula is C21H29N3O2S. The van der Waals surface area contributed by atoms with Gasteiger partial charge in [-0.1, -0.05) is 44.2 Å². The number of thiophene rings is 1. The molecule has 0 fully saturated rings. The summed E-state index contributed by atoms with van der Waals surface area (Å²) in [6, 6.07) is 12.6. The summed E-state index contributed by atoms with van der Waals surface area (Å²) in [7, 11) is 3.34. The van der Waals surface area contributed by atoms with E-state index in [1.165, 1.54) is 10.5 Å². The van der Waals surface area contributed by atoms with Crippen LogP contribution in [0.15, 0.2) is 41.8 Å². The van der Waals surface area contributed by atoms with E-state index in [9.17, 15) is 9.59 Å². The molecule has 0 saturated carbocycles. The van der Waals surface area contributed by atoms with Gasteiger partial charge in [-0.05, 0) is 34.9 Å². The summed E-state index contributed by atoms with van der Waals surface area (Å²) in [6.07, 6.45) is 1.11. The molecule has 1 heterocycles. The van der Waals surface area contributed by atoms with Crippen LogP contribution in [0, 0.1) is 0 Å². The van der Waals surface area contributed by atoms with Crippen LogP contribution in [0.1, 0.15) is 48.2 Å². The second-order valence-corrected chi connectivity index (χ2v) is 7.85. The zero-order valence-corrected chi connectivity index (χ0v) is 17.3. The molecule has 2 amide bonds. The second kappa shape index (κ2) is 10.2. The zero-order valence-electron chi connectivity index (χ0n) is 16.5. The predicted octanol–water partition coefficient (Wildman–Crippen LogP) is 3.15. The maximum atomic E-state index is 12.1. The first kappa shape index (κ1) is 21.1. The number of rotatable bonds is 9. The monoisotopic (exact) mass is 387 g/mol. The van der Waals surface area contributed by atoms with Crippen molar-refractivity contribution in [3.8, 4) is 0 Å². The van der Waals surface area contributed by atoms with Crippen molar-refractivity contribution in [1.82, 2.24) is 15.5 Å². The largest absolute Gasteiger partial charge is 0.347 e. The van der Waals surface area contributed by atoms with E-state index >= 15 is 0 Å².